The number of aliphatic hydroxyl groups excluding tert-OH is 4. The Kier molecular flexibility index (Phi) is 4.71. The van der Waals surface area contributed by atoms with Gasteiger partial charge in [0, 0.05) is 0 Å². The van der Waals surface area contributed by atoms with Crippen LogP contribution in [0.4, 0.5) is 0 Å². The third-order valence-electron chi connectivity index (χ3n) is 1.17. The number of aliphatic hydroxyl groups is 4. The van der Waals surface area contributed by atoms with E-state index in [1.54, 1.807) is 0 Å². The Hall–Kier alpha value is -0.690. The Morgan fingerprint density at radius 3 is 2.27 bits per heavy atom. The smallest absolute Gasteiger partial charge is 0.119 e. The van der Waals surface area contributed by atoms with E-state index in [0.29, 0.717) is 0 Å². The molecule has 0 rings (SSSR count). The van der Waals surface area contributed by atoms with Crippen LogP contribution in [0.1, 0.15) is 0 Å². The summed E-state index contributed by atoms with van der Waals surface area (Å²) >= 11 is 0. The molecule has 66 valence electrons. The molecule has 6 N–H and O–H groups in total. The Balaban J connectivity index is 3.90. The number of rotatable bonds is 4. The van der Waals surface area contributed by atoms with Crippen molar-refractivity contribution >= 4 is 6.21 Å². The van der Waals surface area contributed by atoms with Crippen molar-refractivity contribution in [3.63, 3.8) is 0 Å². The highest BCUT2D eigenvalue weighted by Crippen LogP contribution is 1.96. The normalized spacial score (nSPS) is 20.0. The fraction of sp³-hybridized carbons (Fsp3) is 0.800. The molecular weight excluding hydrogens is 152 g/mol. The summed E-state index contributed by atoms with van der Waals surface area (Å²) in [4.78, 5) is 0. The molecule has 0 aliphatic carbocycles. The highest BCUT2D eigenvalue weighted by atomic mass is 16.4. The van der Waals surface area contributed by atoms with Gasteiger partial charge in [0.2, 0.25) is 0 Å². The molecule has 0 saturated heterocycles. The third kappa shape index (κ3) is 3.28. The number of hydrogen-bond donors (Lipinski definition) is 5. The second-order valence-electron chi connectivity index (χ2n) is 2.03. The van der Waals surface area contributed by atoms with E-state index in [1.807, 2.05) is 0 Å². The van der Waals surface area contributed by atoms with E-state index >= 15 is 0 Å². The molecule has 0 aliphatic rings. The SMILES string of the molecule is N/N=C/[C@H](O)[C@@H](O)[C@@H](O)CO. The van der Waals surface area contributed by atoms with Crippen molar-refractivity contribution in [3.8, 4) is 0 Å². The molecule has 0 fully saturated rings. The zero-order valence-corrected chi connectivity index (χ0v) is 5.83. The molecule has 0 aromatic carbocycles. The number of nitrogens with zero attached hydrogens (tertiary/aromatic N) is 1. The lowest BCUT2D eigenvalue weighted by Crippen LogP contribution is -2.40. The summed E-state index contributed by atoms with van der Waals surface area (Å²) in [7, 11) is 0. The molecule has 0 aliphatic heterocycles. The summed E-state index contributed by atoms with van der Waals surface area (Å²) in [5.41, 5.74) is 0. The van der Waals surface area contributed by atoms with Gasteiger partial charge in [-0.05, 0) is 0 Å². The van der Waals surface area contributed by atoms with Crippen molar-refractivity contribution in [3.05, 3.63) is 0 Å². The zero-order valence-electron chi connectivity index (χ0n) is 5.83. The standard InChI is InChI=1S/C5H12N2O4/c6-7-1-3(9)5(11)4(10)2-8/h1,3-5,8-11H,2,6H2/b7-1+/t3-,4-,5+/m0/s1. The summed E-state index contributed by atoms with van der Waals surface area (Å²) in [6.07, 6.45) is -3.35. The average Bonchev–Trinajstić information content (AvgIpc) is 2.02. The van der Waals surface area contributed by atoms with Crippen molar-refractivity contribution < 1.29 is 20.4 Å². The van der Waals surface area contributed by atoms with Crippen LogP contribution in [0.25, 0.3) is 0 Å². The Labute approximate surface area is 63.6 Å². The summed E-state index contributed by atoms with van der Waals surface area (Å²) in [5, 5.41) is 37.8. The van der Waals surface area contributed by atoms with E-state index < -0.39 is 24.9 Å². The van der Waals surface area contributed by atoms with Gasteiger partial charge in [0.05, 0.1) is 12.8 Å². The first kappa shape index (κ1) is 10.3. The van der Waals surface area contributed by atoms with Crippen LogP contribution in [-0.4, -0.2) is 51.6 Å². The van der Waals surface area contributed by atoms with Crippen LogP contribution in [0.3, 0.4) is 0 Å². The second-order valence-corrected chi connectivity index (χ2v) is 2.03. The molecule has 6 heteroatoms. The van der Waals surface area contributed by atoms with Gasteiger partial charge in [-0.25, -0.2) is 0 Å². The van der Waals surface area contributed by atoms with Crippen molar-refractivity contribution in [2.24, 2.45) is 10.9 Å². The first-order valence-corrected chi connectivity index (χ1v) is 3.02. The molecule has 0 saturated carbocycles. The van der Waals surface area contributed by atoms with E-state index in [0.717, 1.165) is 6.21 Å². The van der Waals surface area contributed by atoms with Crippen LogP contribution in [0.15, 0.2) is 5.10 Å². The Morgan fingerprint density at radius 2 is 1.91 bits per heavy atom. The van der Waals surface area contributed by atoms with Gasteiger partial charge in [0.15, 0.2) is 0 Å². The molecule has 3 atom stereocenters. The maximum Gasteiger partial charge on any atom is 0.119 e. The van der Waals surface area contributed by atoms with Gasteiger partial charge in [0.25, 0.3) is 0 Å². The van der Waals surface area contributed by atoms with E-state index in [9.17, 15) is 0 Å². The quantitative estimate of drug-likeness (QED) is 0.172. The summed E-state index contributed by atoms with van der Waals surface area (Å²) < 4.78 is 0. The first-order valence-electron chi connectivity index (χ1n) is 3.02. The highest BCUT2D eigenvalue weighted by Gasteiger charge is 2.22. The topological polar surface area (TPSA) is 119 Å². The third-order valence-corrected chi connectivity index (χ3v) is 1.17. The molecule has 0 bridgehead atoms. The van der Waals surface area contributed by atoms with E-state index in [-0.39, 0.29) is 0 Å². The summed E-state index contributed by atoms with van der Waals surface area (Å²) in [5.74, 6) is 4.66. The van der Waals surface area contributed by atoms with Crippen LogP contribution in [0, 0.1) is 0 Å². The fourth-order valence-electron chi connectivity index (χ4n) is 0.512. The van der Waals surface area contributed by atoms with Crippen molar-refractivity contribution in [1.29, 1.82) is 0 Å². The molecule has 6 nitrogen and oxygen atoms in total. The Morgan fingerprint density at radius 1 is 1.36 bits per heavy atom. The zero-order chi connectivity index (χ0) is 8.85. The average molecular weight is 164 g/mol. The molecule has 0 aromatic heterocycles. The largest absolute Gasteiger partial charge is 0.394 e. The minimum atomic E-state index is -1.47. The van der Waals surface area contributed by atoms with Crippen molar-refractivity contribution in [1.82, 2.24) is 0 Å². The van der Waals surface area contributed by atoms with Gasteiger partial charge in [-0.3, -0.25) is 0 Å². The minimum absolute atomic E-state index is 0.628. The Bertz CT molecular complexity index is 130. The van der Waals surface area contributed by atoms with Gasteiger partial charge in [-0.1, -0.05) is 0 Å². The maximum atomic E-state index is 8.91. The molecule has 0 unspecified atom stereocenters. The van der Waals surface area contributed by atoms with Crippen LogP contribution >= 0.6 is 0 Å². The minimum Gasteiger partial charge on any atom is -0.394 e. The summed E-state index contributed by atoms with van der Waals surface area (Å²) in [6.45, 7) is -0.628. The van der Waals surface area contributed by atoms with E-state index in [2.05, 4.69) is 10.9 Å². The highest BCUT2D eigenvalue weighted by molar-refractivity contribution is 5.63. The lowest BCUT2D eigenvalue weighted by atomic mass is 10.1. The first-order chi connectivity index (χ1) is 5.13. The van der Waals surface area contributed by atoms with Gasteiger partial charge in [-0.2, -0.15) is 5.10 Å². The monoisotopic (exact) mass is 164 g/mol. The van der Waals surface area contributed by atoms with Crippen LogP contribution in [-0.2, 0) is 0 Å². The lowest BCUT2D eigenvalue weighted by molar-refractivity contribution is -0.0541. The van der Waals surface area contributed by atoms with Crippen LogP contribution < -0.4 is 5.84 Å². The van der Waals surface area contributed by atoms with Crippen molar-refractivity contribution in [2.75, 3.05) is 6.61 Å². The van der Waals surface area contributed by atoms with E-state index in [1.165, 1.54) is 0 Å². The van der Waals surface area contributed by atoms with E-state index in [4.69, 9.17) is 20.4 Å². The predicted molar refractivity (Wildman–Crippen MR) is 37.8 cm³/mol. The van der Waals surface area contributed by atoms with Gasteiger partial charge in [0.1, 0.15) is 18.3 Å². The molecule has 11 heavy (non-hydrogen) atoms. The van der Waals surface area contributed by atoms with Crippen LogP contribution in [0.5, 0.6) is 0 Å². The molecular formula is C5H12N2O4. The lowest BCUT2D eigenvalue weighted by Gasteiger charge is -2.17. The number of hydrazone groups is 1. The number of hydrogen-bond acceptors (Lipinski definition) is 6. The molecule has 0 heterocycles. The number of nitrogens with two attached hydrogens (primary N) is 1. The molecule has 0 aromatic rings. The fourth-order valence-corrected chi connectivity index (χ4v) is 0.512. The maximum absolute atomic E-state index is 8.91. The van der Waals surface area contributed by atoms with Gasteiger partial charge in [-0.15, -0.1) is 0 Å². The second kappa shape index (κ2) is 5.03. The van der Waals surface area contributed by atoms with Crippen molar-refractivity contribution in [2.45, 2.75) is 18.3 Å². The molecule has 0 spiro atoms. The van der Waals surface area contributed by atoms with Gasteiger partial charge < -0.3 is 26.3 Å². The van der Waals surface area contributed by atoms with Gasteiger partial charge >= 0.3 is 0 Å². The summed E-state index contributed by atoms with van der Waals surface area (Å²) in [6, 6.07) is 0. The predicted octanol–water partition coefficient (Wildman–Crippen LogP) is -2.99. The molecule has 0 radical (unpaired) electrons. The molecule has 0 amide bonds. The van der Waals surface area contributed by atoms with Crippen LogP contribution in [0.2, 0.25) is 0 Å².